The first-order chi connectivity index (χ1) is 32.9. The number of aliphatic imine (C=N–C) groups is 1. The van der Waals surface area contributed by atoms with E-state index < -0.39 is 10.1 Å². The number of nitrogens with zero attached hydrogens (tertiary/aromatic N) is 4. The number of hydrogen-bond donors (Lipinski definition) is 5. The number of amidine groups is 1. The largest absolute Gasteiger partial charge is 0.478 e. The van der Waals surface area contributed by atoms with Gasteiger partial charge < -0.3 is 35.3 Å². The number of rotatable bonds is 30. The minimum atomic E-state index is -4.40. The summed E-state index contributed by atoms with van der Waals surface area (Å²) in [5.41, 5.74) is 13.2. The van der Waals surface area contributed by atoms with Gasteiger partial charge in [0.15, 0.2) is 0 Å². The summed E-state index contributed by atoms with van der Waals surface area (Å²) in [6, 6.07) is 33.3. The summed E-state index contributed by atoms with van der Waals surface area (Å²) in [5, 5.41) is 9.63. The van der Waals surface area contributed by atoms with E-state index in [0.717, 1.165) is 41.6 Å². The number of anilines is 1. The topological polar surface area (TPSA) is 238 Å². The lowest BCUT2D eigenvalue weighted by Gasteiger charge is -2.24. The first-order valence-electron chi connectivity index (χ1n) is 22.5. The fourth-order valence-corrected chi connectivity index (χ4v) is 7.21. The molecule has 0 bridgehead atoms. The summed E-state index contributed by atoms with van der Waals surface area (Å²) in [7, 11) is -4.40. The third-order valence-corrected chi connectivity index (χ3v) is 11.3. The van der Waals surface area contributed by atoms with Crippen LogP contribution >= 0.6 is 0 Å². The molecule has 0 unspecified atom stereocenters. The van der Waals surface area contributed by atoms with Crippen LogP contribution in [0.25, 0.3) is 22.4 Å². The molecule has 0 aliphatic carbocycles. The van der Waals surface area contributed by atoms with Crippen molar-refractivity contribution >= 4 is 39.8 Å². The van der Waals surface area contributed by atoms with Gasteiger partial charge in [0.1, 0.15) is 17.3 Å². The van der Waals surface area contributed by atoms with E-state index in [4.69, 9.17) is 29.7 Å². The summed E-state index contributed by atoms with van der Waals surface area (Å²) in [5.74, 6) is 0.871. The summed E-state index contributed by atoms with van der Waals surface area (Å²) in [6.45, 7) is 7.96. The first kappa shape index (κ1) is 52.4. The summed E-state index contributed by atoms with van der Waals surface area (Å²) in [6.07, 6.45) is 6.35. The molecule has 68 heavy (non-hydrogen) atoms. The summed E-state index contributed by atoms with van der Waals surface area (Å²) >= 11 is 0. The van der Waals surface area contributed by atoms with Crippen molar-refractivity contribution < 1.29 is 41.5 Å². The molecule has 0 saturated heterocycles. The van der Waals surface area contributed by atoms with Gasteiger partial charge in [-0.05, 0) is 67.5 Å². The standard InChI is InChI=1S/C50H62N8O9S/c1-50(2,23-11-12-28-67-47-34-42(38-15-5-3-6-16-38)33-43(57-47)39-17-7-4-8-18-39)49(51)55-37-46(59)52-24-13-26-64-29-31-66-32-30-65-27-14-25-53-48(60)41-21-22-45(54-35-41)58-56-36-40-19-9-10-20-44(40)68(61,62)63/h3-10,15-22,33-36H,11-14,23-32,37H2,1-2H3,(H2,51,55)(H,52,59)(H,53,60)(H,54,58)(H,61,62,63)/b56-36-. The van der Waals surface area contributed by atoms with Gasteiger partial charge in [-0.2, -0.15) is 13.5 Å². The molecular weight excluding hydrogens is 889 g/mol. The van der Waals surface area contributed by atoms with Crippen LogP contribution in [0, 0.1) is 5.41 Å². The maximum atomic E-state index is 12.5. The Morgan fingerprint density at radius 3 is 2.03 bits per heavy atom. The minimum absolute atomic E-state index is 0.0369. The van der Waals surface area contributed by atoms with Crippen molar-refractivity contribution in [3.05, 3.63) is 127 Å². The number of pyridine rings is 2. The van der Waals surface area contributed by atoms with Gasteiger partial charge in [0.2, 0.25) is 11.8 Å². The molecule has 3 aromatic carbocycles. The predicted octanol–water partition coefficient (Wildman–Crippen LogP) is 6.81. The highest BCUT2D eigenvalue weighted by atomic mass is 32.2. The highest BCUT2D eigenvalue weighted by Crippen LogP contribution is 2.29. The van der Waals surface area contributed by atoms with E-state index in [-0.39, 0.29) is 34.2 Å². The van der Waals surface area contributed by atoms with Crippen molar-refractivity contribution in [2.45, 2.75) is 50.8 Å². The Morgan fingerprint density at radius 2 is 1.37 bits per heavy atom. The van der Waals surface area contributed by atoms with Crippen molar-refractivity contribution in [3.8, 4) is 28.3 Å². The van der Waals surface area contributed by atoms with Gasteiger partial charge in [-0.1, -0.05) is 92.7 Å². The van der Waals surface area contributed by atoms with E-state index in [1.807, 2.05) is 68.4 Å². The van der Waals surface area contributed by atoms with E-state index in [2.05, 4.69) is 49.3 Å². The fraction of sp³-hybridized carbons (Fsp3) is 0.360. The first-order valence-corrected chi connectivity index (χ1v) is 24.0. The zero-order chi connectivity index (χ0) is 48.5. The van der Waals surface area contributed by atoms with Crippen molar-refractivity contribution in [3.63, 3.8) is 0 Å². The highest BCUT2D eigenvalue weighted by Gasteiger charge is 2.22. The molecule has 5 aromatic rings. The quantitative estimate of drug-likeness (QED) is 0.0105. The lowest BCUT2D eigenvalue weighted by Crippen LogP contribution is -2.34. The Labute approximate surface area is 398 Å². The number of ether oxygens (including phenoxy) is 4. The fourth-order valence-electron chi connectivity index (χ4n) is 6.54. The second-order valence-corrected chi connectivity index (χ2v) is 17.6. The van der Waals surface area contributed by atoms with Gasteiger partial charge in [0.25, 0.3) is 16.0 Å². The normalized spacial score (nSPS) is 12.0. The van der Waals surface area contributed by atoms with Crippen LogP contribution in [0.15, 0.2) is 130 Å². The van der Waals surface area contributed by atoms with Gasteiger partial charge >= 0.3 is 0 Å². The molecule has 362 valence electrons. The summed E-state index contributed by atoms with van der Waals surface area (Å²) < 4.78 is 55.3. The zero-order valence-electron chi connectivity index (χ0n) is 38.6. The number of nitrogens with one attached hydrogen (secondary N) is 3. The maximum Gasteiger partial charge on any atom is 0.295 e. The molecule has 0 aliphatic heterocycles. The predicted molar refractivity (Wildman–Crippen MR) is 263 cm³/mol. The van der Waals surface area contributed by atoms with Gasteiger partial charge in [0, 0.05) is 55.1 Å². The number of carbonyl (C=O) groups excluding carboxylic acids is 2. The lowest BCUT2D eigenvalue weighted by molar-refractivity contribution is -0.119. The van der Waals surface area contributed by atoms with Crippen molar-refractivity contribution in [1.29, 1.82) is 0 Å². The van der Waals surface area contributed by atoms with Gasteiger partial charge in [-0.25, -0.2) is 9.97 Å². The zero-order valence-corrected chi connectivity index (χ0v) is 39.5. The van der Waals surface area contributed by atoms with Crippen LogP contribution in [0.5, 0.6) is 5.88 Å². The SMILES string of the molecule is CC(C)(CCCCOc1cc(-c2ccccc2)cc(-c2ccccc2)n1)C(N)=NCC(=O)NCCCOCCOCCOCCCNC(=O)c1ccc(N/N=C\c2ccccc2S(=O)(=O)O)nc1. The molecule has 0 radical (unpaired) electrons. The van der Waals surface area contributed by atoms with Crippen LogP contribution in [0.4, 0.5) is 5.82 Å². The van der Waals surface area contributed by atoms with Crippen molar-refractivity contribution in [2.75, 3.05) is 71.3 Å². The Bertz CT molecular complexity index is 2430. The Kier molecular flexibility index (Phi) is 21.5. The molecule has 0 spiro atoms. The number of aromatic nitrogens is 2. The van der Waals surface area contributed by atoms with Crippen LogP contribution in [-0.4, -0.2) is 113 Å². The number of benzene rings is 3. The molecule has 17 nitrogen and oxygen atoms in total. The minimum Gasteiger partial charge on any atom is -0.478 e. The second-order valence-electron chi connectivity index (χ2n) is 16.2. The number of unbranched alkanes of at least 4 members (excludes halogenated alkanes) is 1. The molecule has 5 rings (SSSR count). The number of carbonyl (C=O) groups is 2. The molecule has 0 aliphatic rings. The number of hydrazone groups is 1. The van der Waals surface area contributed by atoms with E-state index in [1.54, 1.807) is 18.2 Å². The molecular formula is C50H62N8O9S. The average Bonchev–Trinajstić information content (AvgIpc) is 3.34. The molecule has 2 amide bonds. The molecule has 2 aromatic heterocycles. The van der Waals surface area contributed by atoms with E-state index in [1.165, 1.54) is 30.6 Å². The second kappa shape index (κ2) is 27.9. The van der Waals surface area contributed by atoms with Crippen LogP contribution in [-0.2, 0) is 29.1 Å². The van der Waals surface area contributed by atoms with Crippen molar-refractivity contribution in [2.24, 2.45) is 21.2 Å². The van der Waals surface area contributed by atoms with Gasteiger partial charge in [0.05, 0.1) is 56.3 Å². The number of nitrogens with two attached hydrogens (primary N) is 1. The smallest absolute Gasteiger partial charge is 0.295 e. The van der Waals surface area contributed by atoms with Crippen LogP contribution in [0.3, 0.4) is 0 Å². The monoisotopic (exact) mass is 950 g/mol. The van der Waals surface area contributed by atoms with Crippen molar-refractivity contribution in [1.82, 2.24) is 20.6 Å². The maximum absolute atomic E-state index is 12.5. The Hall–Kier alpha value is -6.57. The van der Waals surface area contributed by atoms with Crippen LogP contribution in [0.1, 0.15) is 61.9 Å². The Morgan fingerprint density at radius 1 is 0.735 bits per heavy atom. The van der Waals surface area contributed by atoms with E-state index >= 15 is 0 Å². The molecule has 0 saturated carbocycles. The summed E-state index contributed by atoms with van der Waals surface area (Å²) in [4.78, 5) is 37.9. The highest BCUT2D eigenvalue weighted by molar-refractivity contribution is 7.86. The van der Waals surface area contributed by atoms with Crippen LogP contribution < -0.4 is 26.5 Å². The van der Waals surface area contributed by atoms with Crippen LogP contribution in [0.2, 0.25) is 0 Å². The third-order valence-electron chi connectivity index (χ3n) is 10.4. The number of hydrogen-bond acceptors (Lipinski definition) is 13. The lowest BCUT2D eigenvalue weighted by atomic mass is 9.86. The van der Waals surface area contributed by atoms with Gasteiger partial charge in [-0.3, -0.25) is 24.6 Å². The average molecular weight is 951 g/mol. The van der Waals surface area contributed by atoms with E-state index in [0.29, 0.717) is 95.3 Å². The molecule has 2 heterocycles. The molecule has 18 heteroatoms. The molecule has 6 N–H and O–H groups in total. The van der Waals surface area contributed by atoms with Gasteiger partial charge in [-0.15, -0.1) is 0 Å². The molecule has 0 atom stereocenters. The third kappa shape index (κ3) is 18.6. The molecule has 0 fully saturated rings. The number of amides is 2. The van der Waals surface area contributed by atoms with E-state index in [9.17, 15) is 22.6 Å². The Balaban J connectivity index is 0.832.